The van der Waals surface area contributed by atoms with Crippen molar-refractivity contribution < 1.29 is 24.9 Å². The second-order valence-corrected chi connectivity index (χ2v) is 2.96. The monoisotopic (exact) mass is 205 g/mol. The summed E-state index contributed by atoms with van der Waals surface area (Å²) < 4.78 is 0. The molecule has 1 unspecified atom stereocenters. The normalized spacial score (nSPS) is 12.8. The van der Waals surface area contributed by atoms with Gasteiger partial charge in [-0.25, -0.2) is 0 Å². The van der Waals surface area contributed by atoms with E-state index >= 15 is 0 Å². The van der Waals surface area contributed by atoms with Crippen molar-refractivity contribution >= 4 is 11.9 Å². The van der Waals surface area contributed by atoms with E-state index in [-0.39, 0.29) is 0 Å². The molecule has 6 heteroatoms. The molecule has 0 saturated carbocycles. The van der Waals surface area contributed by atoms with Crippen molar-refractivity contribution in [3.05, 3.63) is 0 Å². The summed E-state index contributed by atoms with van der Waals surface area (Å²) in [6.45, 7) is 0.893. The predicted octanol–water partition coefficient (Wildman–Crippen LogP) is -0.424. The molecule has 0 aromatic heterocycles. The number of aliphatic carboxylic acids is 2. The average Bonchev–Trinajstić information content (AvgIpc) is 2.01. The van der Waals surface area contributed by atoms with Crippen LogP contribution >= 0.6 is 0 Å². The number of hydrogen-bond acceptors (Lipinski definition) is 4. The van der Waals surface area contributed by atoms with Crippen LogP contribution in [-0.2, 0) is 9.59 Å². The Kier molecular flexibility index (Phi) is 5.82. The van der Waals surface area contributed by atoms with Crippen molar-refractivity contribution in [3.63, 3.8) is 0 Å². The molecule has 6 nitrogen and oxygen atoms in total. The fraction of sp³-hybridized carbons (Fsp3) is 0.750. The van der Waals surface area contributed by atoms with Gasteiger partial charge >= 0.3 is 11.9 Å². The number of carboxylic acid groups (broad SMARTS) is 2. The van der Waals surface area contributed by atoms with E-state index in [1.54, 1.807) is 0 Å². The van der Waals surface area contributed by atoms with Gasteiger partial charge in [-0.05, 0) is 6.42 Å². The van der Waals surface area contributed by atoms with Crippen LogP contribution in [0.15, 0.2) is 0 Å². The van der Waals surface area contributed by atoms with Crippen LogP contribution < -0.4 is 0 Å². The maximum atomic E-state index is 10.4. The second-order valence-electron chi connectivity index (χ2n) is 2.96. The van der Waals surface area contributed by atoms with Crippen LogP contribution in [0.5, 0.6) is 0 Å². The Balaban J connectivity index is 4.21. The first kappa shape index (κ1) is 12.9. The first-order chi connectivity index (χ1) is 6.47. The Morgan fingerprint density at radius 3 is 1.93 bits per heavy atom. The highest BCUT2D eigenvalue weighted by Crippen LogP contribution is 2.03. The molecule has 0 radical (unpaired) electrons. The Morgan fingerprint density at radius 1 is 1.21 bits per heavy atom. The zero-order valence-corrected chi connectivity index (χ0v) is 8.01. The molecule has 3 N–H and O–H groups in total. The topological polar surface area (TPSA) is 98.1 Å². The van der Waals surface area contributed by atoms with Gasteiger partial charge in [-0.2, -0.15) is 0 Å². The van der Waals surface area contributed by atoms with E-state index in [4.69, 9.17) is 10.2 Å². The predicted molar refractivity (Wildman–Crippen MR) is 47.8 cm³/mol. The van der Waals surface area contributed by atoms with Crippen LogP contribution in [0.3, 0.4) is 0 Å². The molecule has 0 aliphatic carbocycles. The van der Waals surface area contributed by atoms with Gasteiger partial charge in [-0.3, -0.25) is 14.5 Å². The van der Waals surface area contributed by atoms with Gasteiger partial charge in [0.15, 0.2) is 0 Å². The standard InChI is InChI=1S/C8H15NO5/c1-2-3-6(10)9(4-7(11)12)5-8(13)14/h6,10H,2-5H2,1H3,(H,11,12)(H,13,14). The van der Waals surface area contributed by atoms with Crippen molar-refractivity contribution in [1.29, 1.82) is 0 Å². The third-order valence-electron chi connectivity index (χ3n) is 1.65. The first-order valence-corrected chi connectivity index (χ1v) is 4.33. The molecule has 0 aliphatic rings. The smallest absolute Gasteiger partial charge is 0.317 e. The lowest BCUT2D eigenvalue weighted by Crippen LogP contribution is -2.42. The van der Waals surface area contributed by atoms with Crippen molar-refractivity contribution in [3.8, 4) is 0 Å². The molecular formula is C8H15NO5. The van der Waals surface area contributed by atoms with Gasteiger partial charge in [0.1, 0.15) is 6.23 Å². The molecule has 0 aliphatic heterocycles. The van der Waals surface area contributed by atoms with E-state index in [2.05, 4.69) is 0 Å². The molecule has 0 saturated heterocycles. The molecule has 1 atom stereocenters. The molecule has 0 aromatic rings. The number of hydrogen-bond donors (Lipinski definition) is 3. The lowest BCUT2D eigenvalue weighted by atomic mass is 10.2. The molecule has 82 valence electrons. The third kappa shape index (κ3) is 5.50. The Bertz CT molecular complexity index is 190. The first-order valence-electron chi connectivity index (χ1n) is 4.33. The summed E-state index contributed by atoms with van der Waals surface area (Å²) in [6, 6.07) is 0. The highest BCUT2D eigenvalue weighted by molar-refractivity contribution is 5.72. The molecule has 14 heavy (non-hydrogen) atoms. The summed E-state index contributed by atoms with van der Waals surface area (Å²) >= 11 is 0. The second kappa shape index (κ2) is 6.33. The maximum Gasteiger partial charge on any atom is 0.317 e. The Hall–Kier alpha value is -1.14. The van der Waals surface area contributed by atoms with Crippen LogP contribution in [0, 0.1) is 0 Å². The van der Waals surface area contributed by atoms with Crippen LogP contribution in [0.4, 0.5) is 0 Å². The van der Waals surface area contributed by atoms with E-state index in [1.807, 2.05) is 6.92 Å². The van der Waals surface area contributed by atoms with E-state index in [0.29, 0.717) is 12.8 Å². The largest absolute Gasteiger partial charge is 0.480 e. The molecule has 0 bridgehead atoms. The zero-order chi connectivity index (χ0) is 11.1. The number of carboxylic acids is 2. The van der Waals surface area contributed by atoms with Crippen LogP contribution in [0.1, 0.15) is 19.8 Å². The third-order valence-corrected chi connectivity index (χ3v) is 1.65. The van der Waals surface area contributed by atoms with Gasteiger partial charge in [0.2, 0.25) is 0 Å². The molecule has 0 heterocycles. The van der Waals surface area contributed by atoms with Crippen molar-refractivity contribution in [2.45, 2.75) is 26.0 Å². The minimum absolute atomic E-state index is 0.362. The van der Waals surface area contributed by atoms with Crippen LogP contribution in [0.25, 0.3) is 0 Å². The SMILES string of the molecule is CCCC(O)N(CC(=O)O)CC(=O)O. The molecule has 0 rings (SSSR count). The highest BCUT2D eigenvalue weighted by atomic mass is 16.4. The quantitative estimate of drug-likeness (QED) is 0.488. The molecule has 0 spiro atoms. The van der Waals surface area contributed by atoms with E-state index < -0.39 is 31.3 Å². The van der Waals surface area contributed by atoms with Crippen molar-refractivity contribution in [2.75, 3.05) is 13.1 Å². The van der Waals surface area contributed by atoms with E-state index in [0.717, 1.165) is 4.90 Å². The molecule has 0 fully saturated rings. The number of aliphatic hydroxyl groups is 1. The number of carbonyl (C=O) groups is 2. The van der Waals surface area contributed by atoms with Gasteiger partial charge < -0.3 is 15.3 Å². The number of rotatable bonds is 7. The lowest BCUT2D eigenvalue weighted by Gasteiger charge is -2.23. The fourth-order valence-electron chi connectivity index (χ4n) is 1.05. The summed E-state index contributed by atoms with van der Waals surface area (Å²) in [6.07, 6.45) is 0.0180. The zero-order valence-electron chi connectivity index (χ0n) is 8.01. The minimum atomic E-state index is -1.15. The summed E-state index contributed by atoms with van der Waals surface area (Å²) in [7, 11) is 0. The molecular weight excluding hydrogens is 190 g/mol. The number of aliphatic hydroxyl groups excluding tert-OH is 1. The number of nitrogens with zero attached hydrogens (tertiary/aromatic N) is 1. The van der Waals surface area contributed by atoms with Gasteiger partial charge in [0.25, 0.3) is 0 Å². The Labute approximate surface area is 81.8 Å². The summed E-state index contributed by atoms with van der Waals surface area (Å²) in [5, 5.41) is 26.3. The van der Waals surface area contributed by atoms with Gasteiger partial charge in [-0.15, -0.1) is 0 Å². The lowest BCUT2D eigenvalue weighted by molar-refractivity contribution is -0.147. The van der Waals surface area contributed by atoms with Gasteiger partial charge in [0, 0.05) is 0 Å². The van der Waals surface area contributed by atoms with E-state index in [1.165, 1.54) is 0 Å². The summed E-state index contributed by atoms with van der Waals surface area (Å²) in [5.74, 6) is -2.30. The van der Waals surface area contributed by atoms with Crippen LogP contribution in [-0.4, -0.2) is 51.5 Å². The van der Waals surface area contributed by atoms with Crippen molar-refractivity contribution in [1.82, 2.24) is 4.90 Å². The summed E-state index contributed by atoms with van der Waals surface area (Å²) in [4.78, 5) is 21.7. The Morgan fingerprint density at radius 2 is 1.64 bits per heavy atom. The van der Waals surface area contributed by atoms with Crippen LogP contribution in [0.2, 0.25) is 0 Å². The maximum absolute atomic E-state index is 10.4. The fourth-order valence-corrected chi connectivity index (χ4v) is 1.05. The van der Waals surface area contributed by atoms with Gasteiger partial charge in [0.05, 0.1) is 13.1 Å². The highest BCUT2D eigenvalue weighted by Gasteiger charge is 2.20. The molecule has 0 amide bonds. The summed E-state index contributed by atoms with van der Waals surface area (Å²) in [5.41, 5.74) is 0. The average molecular weight is 205 g/mol. The minimum Gasteiger partial charge on any atom is -0.480 e. The van der Waals surface area contributed by atoms with E-state index in [9.17, 15) is 14.7 Å². The molecule has 0 aromatic carbocycles. The van der Waals surface area contributed by atoms with Crippen molar-refractivity contribution in [2.24, 2.45) is 0 Å². The van der Waals surface area contributed by atoms with Gasteiger partial charge in [-0.1, -0.05) is 13.3 Å².